The summed E-state index contributed by atoms with van der Waals surface area (Å²) in [4.78, 5) is 12.8. The highest BCUT2D eigenvalue weighted by atomic mass is 16.6. The van der Waals surface area contributed by atoms with Crippen molar-refractivity contribution in [1.82, 2.24) is 0 Å². The molecule has 0 amide bonds. The van der Waals surface area contributed by atoms with Gasteiger partial charge in [-0.3, -0.25) is 10.1 Å². The van der Waals surface area contributed by atoms with Crippen molar-refractivity contribution in [2.24, 2.45) is 0 Å². The molecule has 1 atom stereocenters. The summed E-state index contributed by atoms with van der Waals surface area (Å²) in [6, 6.07) is 4.90. The van der Waals surface area contributed by atoms with Gasteiger partial charge in [-0.15, -0.1) is 0 Å². The molecule has 0 bridgehead atoms. The quantitative estimate of drug-likeness (QED) is 0.667. The lowest BCUT2D eigenvalue weighted by molar-refractivity contribution is -0.384. The molecule has 1 saturated heterocycles. The molecule has 1 N–H and O–H groups in total. The Hall–Kier alpha value is -1.66. The summed E-state index contributed by atoms with van der Waals surface area (Å²) in [5, 5.41) is 20.7. The normalized spacial score (nSPS) is 17.9. The van der Waals surface area contributed by atoms with Crippen molar-refractivity contribution >= 4 is 11.4 Å². The molecular formula is C13H18N2O4. The van der Waals surface area contributed by atoms with Crippen LogP contribution in [0.15, 0.2) is 18.2 Å². The standard InChI is InChI=1S/C13H18N2O4/c1-10(16)11-3-4-12(13(9-11)15(17)18)14-5-2-7-19-8-6-14/h3-4,9-10,16H,2,5-8H2,1H3/t10-/m0/s1. The number of aliphatic hydroxyl groups is 1. The maximum absolute atomic E-state index is 11.2. The second kappa shape index (κ2) is 5.99. The topological polar surface area (TPSA) is 75.8 Å². The number of ether oxygens (including phenoxy) is 1. The van der Waals surface area contributed by atoms with Crippen molar-refractivity contribution in [2.75, 3.05) is 31.2 Å². The summed E-state index contributed by atoms with van der Waals surface area (Å²) in [6.45, 7) is 4.26. The Morgan fingerprint density at radius 1 is 1.42 bits per heavy atom. The molecule has 0 unspecified atom stereocenters. The second-order valence-electron chi connectivity index (χ2n) is 4.63. The molecular weight excluding hydrogens is 248 g/mol. The largest absolute Gasteiger partial charge is 0.389 e. The van der Waals surface area contributed by atoms with Crippen LogP contribution in [0.2, 0.25) is 0 Å². The van der Waals surface area contributed by atoms with Crippen LogP contribution in [0, 0.1) is 10.1 Å². The Morgan fingerprint density at radius 3 is 2.89 bits per heavy atom. The Morgan fingerprint density at radius 2 is 2.21 bits per heavy atom. The van der Waals surface area contributed by atoms with E-state index < -0.39 is 11.0 Å². The van der Waals surface area contributed by atoms with Gasteiger partial charge in [0, 0.05) is 25.8 Å². The van der Waals surface area contributed by atoms with Crippen LogP contribution in [0.3, 0.4) is 0 Å². The first-order valence-corrected chi connectivity index (χ1v) is 6.38. The third kappa shape index (κ3) is 3.21. The number of hydrogen-bond donors (Lipinski definition) is 1. The lowest BCUT2D eigenvalue weighted by Gasteiger charge is -2.22. The minimum absolute atomic E-state index is 0.0419. The van der Waals surface area contributed by atoms with E-state index in [0.29, 0.717) is 31.0 Å². The van der Waals surface area contributed by atoms with E-state index in [4.69, 9.17) is 4.74 Å². The van der Waals surface area contributed by atoms with Crippen molar-refractivity contribution < 1.29 is 14.8 Å². The number of nitrogens with zero attached hydrogens (tertiary/aromatic N) is 2. The van der Waals surface area contributed by atoms with E-state index in [1.54, 1.807) is 19.1 Å². The highest BCUT2D eigenvalue weighted by Crippen LogP contribution is 2.31. The fourth-order valence-corrected chi connectivity index (χ4v) is 2.20. The van der Waals surface area contributed by atoms with Crippen molar-refractivity contribution in [1.29, 1.82) is 0 Å². The van der Waals surface area contributed by atoms with Crippen LogP contribution in [-0.2, 0) is 4.74 Å². The van der Waals surface area contributed by atoms with E-state index in [1.165, 1.54) is 6.07 Å². The van der Waals surface area contributed by atoms with Gasteiger partial charge in [-0.2, -0.15) is 0 Å². The van der Waals surface area contributed by atoms with Crippen molar-refractivity contribution in [3.05, 3.63) is 33.9 Å². The van der Waals surface area contributed by atoms with Crippen molar-refractivity contribution in [3.8, 4) is 0 Å². The fourth-order valence-electron chi connectivity index (χ4n) is 2.20. The van der Waals surface area contributed by atoms with Crippen LogP contribution >= 0.6 is 0 Å². The summed E-state index contributed by atoms with van der Waals surface area (Å²) < 4.78 is 5.36. The number of nitro benzene ring substituents is 1. The van der Waals surface area contributed by atoms with Gasteiger partial charge in [0.1, 0.15) is 5.69 Å². The number of nitro groups is 1. The number of rotatable bonds is 3. The predicted molar refractivity (Wildman–Crippen MR) is 71.4 cm³/mol. The Kier molecular flexibility index (Phi) is 4.34. The molecule has 0 saturated carbocycles. The first-order chi connectivity index (χ1) is 9.09. The Labute approximate surface area is 111 Å². The summed E-state index contributed by atoms with van der Waals surface area (Å²) >= 11 is 0. The molecule has 6 heteroatoms. The molecule has 0 spiro atoms. The van der Waals surface area contributed by atoms with Crippen LogP contribution in [-0.4, -0.2) is 36.3 Å². The van der Waals surface area contributed by atoms with Gasteiger partial charge in [0.25, 0.3) is 5.69 Å². The third-order valence-electron chi connectivity index (χ3n) is 3.24. The van der Waals surface area contributed by atoms with E-state index in [-0.39, 0.29) is 5.69 Å². The third-order valence-corrected chi connectivity index (χ3v) is 3.24. The molecule has 1 fully saturated rings. The zero-order valence-corrected chi connectivity index (χ0v) is 10.9. The van der Waals surface area contributed by atoms with Gasteiger partial charge in [0.05, 0.1) is 17.6 Å². The maximum atomic E-state index is 11.2. The van der Waals surface area contributed by atoms with E-state index in [2.05, 4.69) is 0 Å². The zero-order chi connectivity index (χ0) is 13.8. The number of benzene rings is 1. The van der Waals surface area contributed by atoms with Crippen LogP contribution in [0.5, 0.6) is 0 Å². The highest BCUT2D eigenvalue weighted by molar-refractivity contribution is 5.64. The lowest BCUT2D eigenvalue weighted by Crippen LogP contribution is -2.26. The molecule has 1 aliphatic rings. The SMILES string of the molecule is C[C@H](O)c1ccc(N2CCCOCC2)c([N+](=O)[O-])c1. The van der Waals surface area contributed by atoms with Gasteiger partial charge < -0.3 is 14.7 Å². The van der Waals surface area contributed by atoms with Gasteiger partial charge in [-0.05, 0) is 25.0 Å². The van der Waals surface area contributed by atoms with Crippen molar-refractivity contribution in [2.45, 2.75) is 19.4 Å². The van der Waals surface area contributed by atoms with Gasteiger partial charge in [0.2, 0.25) is 0 Å². The van der Waals surface area contributed by atoms with Gasteiger partial charge >= 0.3 is 0 Å². The summed E-state index contributed by atoms with van der Waals surface area (Å²) in [6.07, 6.45) is 0.148. The maximum Gasteiger partial charge on any atom is 0.292 e. The fraction of sp³-hybridized carbons (Fsp3) is 0.538. The van der Waals surface area contributed by atoms with Gasteiger partial charge in [0.15, 0.2) is 0 Å². The molecule has 1 aromatic carbocycles. The first-order valence-electron chi connectivity index (χ1n) is 6.38. The molecule has 6 nitrogen and oxygen atoms in total. The molecule has 2 rings (SSSR count). The summed E-state index contributed by atoms with van der Waals surface area (Å²) in [5.74, 6) is 0. The molecule has 1 heterocycles. The van der Waals surface area contributed by atoms with Crippen molar-refractivity contribution in [3.63, 3.8) is 0 Å². The molecule has 1 aromatic rings. The van der Waals surface area contributed by atoms with E-state index in [9.17, 15) is 15.2 Å². The Bertz CT molecular complexity index is 454. The van der Waals surface area contributed by atoms with Crippen LogP contribution in [0.4, 0.5) is 11.4 Å². The summed E-state index contributed by atoms with van der Waals surface area (Å²) in [5.41, 5.74) is 1.20. The van der Waals surface area contributed by atoms with E-state index >= 15 is 0 Å². The van der Waals surface area contributed by atoms with Crippen LogP contribution < -0.4 is 4.90 Å². The van der Waals surface area contributed by atoms with E-state index in [0.717, 1.165) is 13.0 Å². The molecule has 104 valence electrons. The summed E-state index contributed by atoms with van der Waals surface area (Å²) in [7, 11) is 0. The van der Waals surface area contributed by atoms with E-state index in [1.807, 2.05) is 4.90 Å². The highest BCUT2D eigenvalue weighted by Gasteiger charge is 2.21. The van der Waals surface area contributed by atoms with Crippen LogP contribution in [0.25, 0.3) is 0 Å². The second-order valence-corrected chi connectivity index (χ2v) is 4.63. The van der Waals surface area contributed by atoms with Crippen LogP contribution in [0.1, 0.15) is 25.0 Å². The Balaban J connectivity index is 2.35. The predicted octanol–water partition coefficient (Wildman–Crippen LogP) is 1.87. The molecule has 0 aromatic heterocycles. The number of hydrogen-bond acceptors (Lipinski definition) is 5. The lowest BCUT2D eigenvalue weighted by atomic mass is 10.1. The average Bonchev–Trinajstić information content (AvgIpc) is 2.66. The molecule has 0 aliphatic carbocycles. The minimum atomic E-state index is -0.708. The molecule has 1 aliphatic heterocycles. The van der Waals surface area contributed by atoms with Gasteiger partial charge in [-0.25, -0.2) is 0 Å². The average molecular weight is 266 g/mol. The number of anilines is 1. The first kappa shape index (κ1) is 13.8. The zero-order valence-electron chi connectivity index (χ0n) is 10.9. The molecule has 0 radical (unpaired) electrons. The number of aliphatic hydroxyl groups excluding tert-OH is 1. The molecule has 19 heavy (non-hydrogen) atoms. The van der Waals surface area contributed by atoms with Gasteiger partial charge in [-0.1, -0.05) is 6.07 Å². The monoisotopic (exact) mass is 266 g/mol. The minimum Gasteiger partial charge on any atom is -0.389 e. The smallest absolute Gasteiger partial charge is 0.292 e.